The largest absolute Gasteiger partial charge is 0.490 e. The van der Waals surface area contributed by atoms with E-state index in [9.17, 15) is 8.42 Å². The van der Waals surface area contributed by atoms with Gasteiger partial charge in [0.15, 0.2) is 0 Å². The highest BCUT2D eigenvalue weighted by Crippen LogP contribution is 2.22. The molecule has 0 radical (unpaired) electrons. The Hall–Kier alpha value is -1.07. The van der Waals surface area contributed by atoms with Crippen molar-refractivity contribution in [2.45, 2.75) is 45.0 Å². The van der Waals surface area contributed by atoms with Crippen molar-refractivity contribution >= 4 is 10.0 Å². The summed E-state index contributed by atoms with van der Waals surface area (Å²) in [5.41, 5.74) is 1.20. The van der Waals surface area contributed by atoms with E-state index in [4.69, 9.17) is 4.74 Å². The number of benzene rings is 1. The van der Waals surface area contributed by atoms with Crippen molar-refractivity contribution in [3.8, 4) is 5.75 Å². The summed E-state index contributed by atoms with van der Waals surface area (Å²) in [6.07, 6.45) is 1.61. The van der Waals surface area contributed by atoms with Crippen LogP contribution in [0.15, 0.2) is 24.3 Å². The Morgan fingerprint density at radius 2 is 1.70 bits per heavy atom. The summed E-state index contributed by atoms with van der Waals surface area (Å²) >= 11 is 0. The maximum absolute atomic E-state index is 12.1. The number of ether oxygens (including phenoxy) is 1. The Kier molecular flexibility index (Phi) is 4.70. The number of nitrogens with zero attached hydrogens (tertiary/aromatic N) is 1. The summed E-state index contributed by atoms with van der Waals surface area (Å²) in [5, 5.41) is -0.350. The molecule has 0 aliphatic carbocycles. The monoisotopic (exact) mass is 297 g/mol. The molecule has 0 atom stereocenters. The first-order valence-electron chi connectivity index (χ1n) is 7.12. The maximum atomic E-state index is 12.1. The molecule has 1 saturated heterocycles. The van der Waals surface area contributed by atoms with Crippen LogP contribution in [-0.2, 0) is 10.0 Å². The molecule has 1 aliphatic rings. The number of hydrogen-bond donors (Lipinski definition) is 0. The first kappa shape index (κ1) is 15.3. The lowest BCUT2D eigenvalue weighted by Gasteiger charge is -2.32. The molecule has 4 nitrogen and oxygen atoms in total. The summed E-state index contributed by atoms with van der Waals surface area (Å²) < 4.78 is 31.6. The standard InChI is InChI=1S/C15H23NO3S/c1-12(2)20(17,18)16-10-8-15(9-11-16)19-14-6-4-13(3)5-7-14/h4-7,12,15H,8-11H2,1-3H3. The van der Waals surface area contributed by atoms with Crippen molar-refractivity contribution in [2.24, 2.45) is 0 Å². The van der Waals surface area contributed by atoms with Crippen molar-refractivity contribution < 1.29 is 13.2 Å². The maximum Gasteiger partial charge on any atom is 0.216 e. The molecule has 0 N–H and O–H groups in total. The van der Waals surface area contributed by atoms with Crippen molar-refractivity contribution in [1.29, 1.82) is 0 Å². The molecule has 1 aromatic rings. The lowest BCUT2D eigenvalue weighted by molar-refractivity contribution is 0.135. The normalized spacial score (nSPS) is 18.4. The van der Waals surface area contributed by atoms with Crippen LogP contribution in [0.3, 0.4) is 0 Å². The molecular formula is C15H23NO3S. The minimum absolute atomic E-state index is 0.108. The Balaban J connectivity index is 1.90. The second kappa shape index (κ2) is 6.14. The van der Waals surface area contributed by atoms with Gasteiger partial charge in [0.1, 0.15) is 11.9 Å². The van der Waals surface area contributed by atoms with Gasteiger partial charge in [-0.2, -0.15) is 0 Å². The summed E-state index contributed by atoms with van der Waals surface area (Å²) in [7, 11) is -3.12. The molecule has 5 heteroatoms. The van der Waals surface area contributed by atoms with Crippen LogP contribution < -0.4 is 4.74 Å². The summed E-state index contributed by atoms with van der Waals surface area (Å²) in [4.78, 5) is 0. The van der Waals surface area contributed by atoms with Gasteiger partial charge in [0.25, 0.3) is 0 Å². The third kappa shape index (κ3) is 3.52. The highest BCUT2D eigenvalue weighted by Gasteiger charge is 2.30. The van der Waals surface area contributed by atoms with Crippen LogP contribution in [0.2, 0.25) is 0 Å². The average molecular weight is 297 g/mol. The van der Waals surface area contributed by atoms with E-state index in [1.807, 2.05) is 31.2 Å². The Morgan fingerprint density at radius 3 is 2.20 bits per heavy atom. The average Bonchev–Trinajstić information content (AvgIpc) is 2.42. The summed E-state index contributed by atoms with van der Waals surface area (Å²) in [5.74, 6) is 0.862. The van der Waals surface area contributed by atoms with Crippen LogP contribution in [-0.4, -0.2) is 37.2 Å². The third-order valence-corrected chi connectivity index (χ3v) is 5.96. The van der Waals surface area contributed by atoms with Gasteiger partial charge in [0, 0.05) is 13.1 Å². The number of sulfonamides is 1. The highest BCUT2D eigenvalue weighted by molar-refractivity contribution is 7.89. The topological polar surface area (TPSA) is 46.6 Å². The molecule has 1 aliphatic heterocycles. The second-order valence-corrected chi connectivity index (χ2v) is 8.11. The molecule has 1 heterocycles. The van der Waals surface area contributed by atoms with Gasteiger partial charge in [0.2, 0.25) is 10.0 Å². The molecule has 20 heavy (non-hydrogen) atoms. The fourth-order valence-corrected chi connectivity index (χ4v) is 3.63. The van der Waals surface area contributed by atoms with E-state index in [-0.39, 0.29) is 11.4 Å². The molecule has 0 saturated carbocycles. The van der Waals surface area contributed by atoms with Crippen molar-refractivity contribution in [1.82, 2.24) is 4.31 Å². The van der Waals surface area contributed by atoms with Gasteiger partial charge in [0.05, 0.1) is 5.25 Å². The summed E-state index contributed by atoms with van der Waals surface area (Å²) in [6, 6.07) is 7.97. The van der Waals surface area contributed by atoms with E-state index in [0.29, 0.717) is 13.1 Å². The number of rotatable bonds is 4. The summed E-state index contributed by atoms with van der Waals surface area (Å²) in [6.45, 7) is 6.60. The fourth-order valence-electron chi connectivity index (χ4n) is 2.31. The van der Waals surface area contributed by atoms with Gasteiger partial charge < -0.3 is 4.74 Å². The van der Waals surface area contributed by atoms with Crippen molar-refractivity contribution in [3.63, 3.8) is 0 Å². The number of aryl methyl sites for hydroxylation is 1. The SMILES string of the molecule is Cc1ccc(OC2CCN(S(=O)(=O)C(C)C)CC2)cc1. The van der Waals surface area contributed by atoms with Crippen LogP contribution in [0.5, 0.6) is 5.75 Å². The molecule has 0 unspecified atom stereocenters. The fraction of sp³-hybridized carbons (Fsp3) is 0.600. The minimum atomic E-state index is -3.12. The lowest BCUT2D eigenvalue weighted by atomic mass is 10.1. The van der Waals surface area contributed by atoms with Crippen LogP contribution in [0, 0.1) is 6.92 Å². The van der Waals surface area contributed by atoms with E-state index in [2.05, 4.69) is 0 Å². The predicted octanol–water partition coefficient (Wildman–Crippen LogP) is 2.58. The van der Waals surface area contributed by atoms with E-state index < -0.39 is 10.0 Å². The minimum Gasteiger partial charge on any atom is -0.490 e. The Morgan fingerprint density at radius 1 is 1.15 bits per heavy atom. The molecule has 0 spiro atoms. The van der Waals surface area contributed by atoms with Crippen molar-refractivity contribution in [3.05, 3.63) is 29.8 Å². The number of piperidine rings is 1. The molecule has 0 aromatic heterocycles. The van der Waals surface area contributed by atoms with E-state index in [1.165, 1.54) is 5.56 Å². The van der Waals surface area contributed by atoms with E-state index >= 15 is 0 Å². The molecule has 1 fully saturated rings. The lowest BCUT2D eigenvalue weighted by Crippen LogP contribution is -2.44. The van der Waals surface area contributed by atoms with Gasteiger partial charge in [-0.15, -0.1) is 0 Å². The van der Waals surface area contributed by atoms with Gasteiger partial charge in [-0.1, -0.05) is 17.7 Å². The smallest absolute Gasteiger partial charge is 0.216 e. The Labute approximate surface area is 121 Å². The molecular weight excluding hydrogens is 274 g/mol. The van der Waals surface area contributed by atoms with Crippen LogP contribution >= 0.6 is 0 Å². The molecule has 0 amide bonds. The van der Waals surface area contributed by atoms with Crippen LogP contribution in [0.1, 0.15) is 32.3 Å². The van der Waals surface area contributed by atoms with E-state index in [1.54, 1.807) is 18.2 Å². The zero-order valence-corrected chi connectivity index (χ0v) is 13.2. The predicted molar refractivity (Wildman–Crippen MR) is 80.5 cm³/mol. The van der Waals surface area contributed by atoms with E-state index in [0.717, 1.165) is 18.6 Å². The Bertz CT molecular complexity index is 529. The quantitative estimate of drug-likeness (QED) is 0.858. The van der Waals surface area contributed by atoms with Gasteiger partial charge in [-0.05, 0) is 45.7 Å². The third-order valence-electron chi connectivity index (χ3n) is 3.68. The molecule has 0 bridgehead atoms. The first-order valence-corrected chi connectivity index (χ1v) is 8.62. The molecule has 112 valence electrons. The highest BCUT2D eigenvalue weighted by atomic mass is 32.2. The van der Waals surface area contributed by atoms with Gasteiger partial charge in [-0.25, -0.2) is 12.7 Å². The zero-order chi connectivity index (χ0) is 14.8. The van der Waals surface area contributed by atoms with Crippen molar-refractivity contribution in [2.75, 3.05) is 13.1 Å². The van der Waals surface area contributed by atoms with Gasteiger partial charge >= 0.3 is 0 Å². The van der Waals surface area contributed by atoms with Gasteiger partial charge in [-0.3, -0.25) is 0 Å². The zero-order valence-electron chi connectivity index (χ0n) is 12.4. The molecule has 1 aromatic carbocycles. The van der Waals surface area contributed by atoms with Crippen LogP contribution in [0.4, 0.5) is 0 Å². The molecule has 2 rings (SSSR count). The number of hydrogen-bond acceptors (Lipinski definition) is 3. The second-order valence-electron chi connectivity index (χ2n) is 5.62. The van der Waals surface area contributed by atoms with Crippen LogP contribution in [0.25, 0.3) is 0 Å². The first-order chi connectivity index (χ1) is 9.39.